The van der Waals surface area contributed by atoms with Crippen molar-refractivity contribution in [1.82, 2.24) is 0 Å². The highest BCUT2D eigenvalue weighted by Crippen LogP contribution is 2.48. The SMILES string of the molecule is Cc1cc2c3c(cc4c(C)cc5c6c(cc1c3c46)B1c3ccccc3-c3cc(C#N)cc-5c31)B1c3ccccc3-c3cc(C#N)cc-2c31. The second kappa shape index (κ2) is 8.06. The average Bonchev–Trinajstić information content (AvgIpc) is 3.63. The highest BCUT2D eigenvalue weighted by atomic mass is 14.3. The van der Waals surface area contributed by atoms with Crippen LogP contribution in [0.3, 0.4) is 0 Å². The highest BCUT2D eigenvalue weighted by Gasteiger charge is 2.44. The van der Waals surface area contributed by atoms with Crippen LogP contribution in [0.1, 0.15) is 22.3 Å². The zero-order valence-corrected chi connectivity index (χ0v) is 26.3. The zero-order valence-electron chi connectivity index (χ0n) is 26.3. The van der Waals surface area contributed by atoms with E-state index in [-0.39, 0.29) is 13.4 Å². The summed E-state index contributed by atoms with van der Waals surface area (Å²) in [6.07, 6.45) is 0. The normalized spacial score (nSPS) is 13.5. The van der Waals surface area contributed by atoms with E-state index in [4.69, 9.17) is 0 Å². The molecule has 0 saturated carbocycles. The van der Waals surface area contributed by atoms with Gasteiger partial charge in [-0.25, -0.2) is 0 Å². The van der Waals surface area contributed by atoms with E-state index in [2.05, 4.69) is 123 Å². The molecule has 0 bridgehead atoms. The van der Waals surface area contributed by atoms with E-state index < -0.39 is 0 Å². The molecule has 0 aromatic heterocycles. The molecular weight excluding hydrogens is 578 g/mol. The summed E-state index contributed by atoms with van der Waals surface area (Å²) in [5.74, 6) is 0. The summed E-state index contributed by atoms with van der Waals surface area (Å²) in [4.78, 5) is 0. The van der Waals surface area contributed by atoms with Crippen LogP contribution in [-0.2, 0) is 0 Å². The van der Waals surface area contributed by atoms with E-state index >= 15 is 0 Å². The molecule has 4 aliphatic heterocycles. The summed E-state index contributed by atoms with van der Waals surface area (Å²) in [7, 11) is 0. The van der Waals surface area contributed by atoms with E-state index in [1.54, 1.807) is 0 Å². The minimum Gasteiger partial charge on any atom is -0.192 e. The second-order valence-electron chi connectivity index (χ2n) is 14.2. The molecule has 8 aromatic carbocycles. The van der Waals surface area contributed by atoms with E-state index in [0.717, 1.165) is 0 Å². The Balaban J connectivity index is 1.32. The van der Waals surface area contributed by atoms with Crippen molar-refractivity contribution in [2.24, 2.45) is 0 Å². The van der Waals surface area contributed by atoms with Gasteiger partial charge < -0.3 is 0 Å². The smallest absolute Gasteiger partial charge is 0.192 e. The molecule has 12 rings (SSSR count). The van der Waals surface area contributed by atoms with Crippen molar-refractivity contribution in [2.45, 2.75) is 13.8 Å². The van der Waals surface area contributed by atoms with E-state index in [0.29, 0.717) is 11.1 Å². The molecule has 0 spiro atoms. The van der Waals surface area contributed by atoms with Crippen molar-refractivity contribution in [3.05, 3.63) is 119 Å². The molecule has 0 atom stereocenters. The third-order valence-corrected chi connectivity index (χ3v) is 12.1. The number of fused-ring (bicyclic) bond motifs is 10. The summed E-state index contributed by atoms with van der Waals surface area (Å²) in [5, 5.41) is 28.3. The molecule has 4 heterocycles. The van der Waals surface area contributed by atoms with Gasteiger partial charge in [-0.15, -0.1) is 0 Å². The molecule has 0 aliphatic carbocycles. The Bertz CT molecular complexity index is 2810. The van der Waals surface area contributed by atoms with Gasteiger partial charge in [0.1, 0.15) is 0 Å². The van der Waals surface area contributed by atoms with Crippen molar-refractivity contribution >= 4 is 78.5 Å². The van der Waals surface area contributed by atoms with Crippen molar-refractivity contribution < 1.29 is 0 Å². The molecule has 48 heavy (non-hydrogen) atoms. The first-order chi connectivity index (χ1) is 23.6. The van der Waals surface area contributed by atoms with Crippen molar-refractivity contribution in [3.63, 3.8) is 0 Å². The molecule has 8 aromatic rings. The number of benzene rings is 8. The number of hydrogen-bond donors (Lipinski definition) is 0. The minimum absolute atomic E-state index is 0.121. The van der Waals surface area contributed by atoms with Crippen LogP contribution in [0.5, 0.6) is 0 Å². The Kier molecular flexibility index (Phi) is 4.21. The summed E-state index contributed by atoms with van der Waals surface area (Å²) >= 11 is 0. The number of aryl methyl sites for hydroxylation is 2. The van der Waals surface area contributed by atoms with Gasteiger partial charge in [0.15, 0.2) is 0 Å². The lowest BCUT2D eigenvalue weighted by molar-refractivity contribution is 1.48. The molecular formula is C44H22B2N2. The van der Waals surface area contributed by atoms with E-state index in [1.807, 2.05) is 0 Å². The van der Waals surface area contributed by atoms with Gasteiger partial charge in [-0.3, -0.25) is 0 Å². The minimum atomic E-state index is 0.121. The first kappa shape index (κ1) is 25.1. The quantitative estimate of drug-likeness (QED) is 0.161. The van der Waals surface area contributed by atoms with Crippen LogP contribution in [0.25, 0.3) is 76.8 Å². The van der Waals surface area contributed by atoms with Crippen LogP contribution in [0.4, 0.5) is 0 Å². The van der Waals surface area contributed by atoms with Crippen LogP contribution in [-0.4, -0.2) is 13.4 Å². The van der Waals surface area contributed by atoms with E-state index in [9.17, 15) is 10.5 Å². The van der Waals surface area contributed by atoms with Gasteiger partial charge in [-0.2, -0.15) is 10.5 Å². The predicted octanol–water partition coefficient (Wildman–Crippen LogP) is 5.90. The number of hydrogen-bond acceptors (Lipinski definition) is 2. The summed E-state index contributed by atoms with van der Waals surface area (Å²) in [6.45, 7) is 4.77. The summed E-state index contributed by atoms with van der Waals surface area (Å²) in [6, 6.07) is 40.8. The largest absolute Gasteiger partial charge is 0.244 e. The van der Waals surface area contributed by atoms with Gasteiger partial charge in [-0.05, 0) is 126 Å². The topological polar surface area (TPSA) is 47.6 Å². The van der Waals surface area contributed by atoms with E-state index in [1.165, 1.54) is 121 Å². The maximum absolute atomic E-state index is 10.2. The molecule has 0 N–H and O–H groups in total. The lowest BCUT2D eigenvalue weighted by Gasteiger charge is -2.32. The van der Waals surface area contributed by atoms with Gasteiger partial charge >= 0.3 is 0 Å². The van der Waals surface area contributed by atoms with Gasteiger partial charge in [0.05, 0.1) is 23.3 Å². The molecule has 0 fully saturated rings. The third kappa shape index (κ3) is 2.62. The molecule has 0 saturated heterocycles. The lowest BCUT2D eigenvalue weighted by Crippen LogP contribution is -2.53. The van der Waals surface area contributed by atoms with Gasteiger partial charge in [0, 0.05) is 0 Å². The maximum atomic E-state index is 10.2. The van der Waals surface area contributed by atoms with Crippen LogP contribution in [0, 0.1) is 36.5 Å². The molecule has 4 heteroatoms. The van der Waals surface area contributed by atoms with Gasteiger partial charge in [0.25, 0.3) is 0 Å². The number of nitriles is 2. The molecule has 2 nitrogen and oxygen atoms in total. The Morgan fingerprint density at radius 1 is 0.417 bits per heavy atom. The monoisotopic (exact) mass is 600 g/mol. The highest BCUT2D eigenvalue weighted by molar-refractivity contribution is 7.03. The fraction of sp³-hybridized carbons (Fsp3) is 0.0455. The average molecular weight is 600 g/mol. The fourth-order valence-electron chi connectivity index (χ4n) is 10.4. The predicted molar refractivity (Wildman–Crippen MR) is 200 cm³/mol. The number of rotatable bonds is 0. The lowest BCUT2D eigenvalue weighted by atomic mass is 9.34. The Morgan fingerprint density at radius 3 is 1.23 bits per heavy atom. The van der Waals surface area contributed by atoms with Gasteiger partial charge in [-0.1, -0.05) is 106 Å². The maximum Gasteiger partial charge on any atom is 0.244 e. The standard InChI is InChI=1S/C44H22B2N2/c1-21-11-29-33-15-23(19-47)13-31-25-7-4-6-10-36(25)46(43(31)33)38-18-28-22(2)12-30-34-16-24(20-48)14-32-26-8-3-5-9-35(26)45(44(32)34)37-17-27(21)41(39(29)38)42(28)40(30)37/h3-18H,1-2H3. The van der Waals surface area contributed by atoms with Crippen LogP contribution < -0.4 is 32.8 Å². The van der Waals surface area contributed by atoms with Crippen LogP contribution in [0.15, 0.2) is 97.1 Å². The zero-order chi connectivity index (χ0) is 31.7. The Labute approximate surface area is 278 Å². The van der Waals surface area contributed by atoms with Crippen molar-refractivity contribution in [1.29, 1.82) is 10.5 Å². The molecule has 4 aliphatic rings. The molecule has 0 unspecified atom stereocenters. The molecule has 0 radical (unpaired) electrons. The Hall–Kier alpha value is -6.09. The summed E-state index contributed by atoms with van der Waals surface area (Å²) < 4.78 is 0. The molecule has 214 valence electrons. The van der Waals surface area contributed by atoms with Crippen LogP contribution >= 0.6 is 0 Å². The van der Waals surface area contributed by atoms with Crippen LogP contribution in [0.2, 0.25) is 0 Å². The first-order valence-electron chi connectivity index (χ1n) is 16.7. The van der Waals surface area contributed by atoms with Gasteiger partial charge in [0.2, 0.25) is 13.4 Å². The van der Waals surface area contributed by atoms with Crippen molar-refractivity contribution in [3.8, 4) is 56.6 Å². The first-order valence-corrected chi connectivity index (χ1v) is 16.7. The Morgan fingerprint density at radius 2 is 0.812 bits per heavy atom. The fourth-order valence-corrected chi connectivity index (χ4v) is 10.4. The third-order valence-electron chi connectivity index (χ3n) is 12.1. The number of nitrogens with zero attached hydrogens (tertiary/aromatic N) is 2. The van der Waals surface area contributed by atoms with Crippen molar-refractivity contribution in [2.75, 3.05) is 0 Å². The summed E-state index contributed by atoms with van der Waals surface area (Å²) in [5.41, 5.74) is 21.8. The molecule has 0 amide bonds. The second-order valence-corrected chi connectivity index (χ2v) is 14.2.